The van der Waals surface area contributed by atoms with E-state index in [1.54, 1.807) is 53.1 Å². The third-order valence-corrected chi connectivity index (χ3v) is 6.08. The number of nitrogens with zero attached hydrogens (tertiary/aromatic N) is 4. The van der Waals surface area contributed by atoms with E-state index in [2.05, 4.69) is 42.0 Å². The zero-order valence-electron chi connectivity index (χ0n) is 20.8. The predicted octanol–water partition coefficient (Wildman–Crippen LogP) is 4.68. The molecule has 0 aliphatic carbocycles. The van der Waals surface area contributed by atoms with Crippen LogP contribution >= 0.6 is 39.1 Å². The van der Waals surface area contributed by atoms with Crippen molar-refractivity contribution in [3.63, 3.8) is 0 Å². The molecular formula is C24H26BrCl2N7O3. The van der Waals surface area contributed by atoms with Gasteiger partial charge in [0.15, 0.2) is 5.82 Å². The second-order valence-corrected chi connectivity index (χ2v) is 10.7. The van der Waals surface area contributed by atoms with E-state index in [0.29, 0.717) is 20.2 Å². The molecule has 0 aliphatic heterocycles. The number of rotatable bonds is 7. The molecule has 0 atom stereocenters. The van der Waals surface area contributed by atoms with Gasteiger partial charge in [-0.05, 0) is 66.5 Å². The van der Waals surface area contributed by atoms with E-state index in [9.17, 15) is 14.4 Å². The van der Waals surface area contributed by atoms with E-state index >= 15 is 0 Å². The molecule has 0 radical (unpaired) electrons. The highest BCUT2D eigenvalue weighted by atomic mass is 79.9. The number of halogens is 3. The van der Waals surface area contributed by atoms with Crippen LogP contribution in [0.4, 0.5) is 10.5 Å². The summed E-state index contributed by atoms with van der Waals surface area (Å²) in [4.78, 5) is 44.2. The van der Waals surface area contributed by atoms with Crippen LogP contribution in [-0.2, 0) is 0 Å². The summed E-state index contributed by atoms with van der Waals surface area (Å²) in [5.74, 6) is -0.753. The van der Waals surface area contributed by atoms with Crippen molar-refractivity contribution in [1.29, 1.82) is 0 Å². The Morgan fingerprint density at radius 2 is 1.84 bits per heavy atom. The molecule has 0 fully saturated rings. The van der Waals surface area contributed by atoms with Crippen LogP contribution in [0.25, 0.3) is 5.82 Å². The van der Waals surface area contributed by atoms with Crippen LogP contribution in [0.3, 0.4) is 0 Å². The molecule has 0 aliphatic rings. The van der Waals surface area contributed by atoms with E-state index in [1.165, 1.54) is 27.9 Å². The van der Waals surface area contributed by atoms with Gasteiger partial charge in [-0.1, -0.05) is 23.2 Å². The number of benzene rings is 1. The number of pyridine rings is 1. The van der Waals surface area contributed by atoms with E-state index in [1.807, 2.05) is 0 Å². The van der Waals surface area contributed by atoms with Gasteiger partial charge in [0.2, 0.25) is 0 Å². The fraction of sp³-hybridized carbons (Fsp3) is 0.292. The lowest BCUT2D eigenvalue weighted by Gasteiger charge is -2.28. The molecule has 0 saturated carbocycles. The number of carbonyl (C=O) groups excluding carboxylic acids is 3. The molecule has 13 heteroatoms. The lowest BCUT2D eigenvalue weighted by Crippen LogP contribution is -2.52. The van der Waals surface area contributed by atoms with Gasteiger partial charge in [-0.15, -0.1) is 0 Å². The summed E-state index contributed by atoms with van der Waals surface area (Å²) in [6.45, 7) is 5.44. The molecule has 2 heterocycles. The third-order valence-electron chi connectivity index (χ3n) is 5.17. The summed E-state index contributed by atoms with van der Waals surface area (Å²) >= 11 is 15.8. The number of aryl methyl sites for hydroxylation is 1. The molecule has 0 spiro atoms. The maximum atomic E-state index is 13.4. The number of urea groups is 1. The first-order valence-corrected chi connectivity index (χ1v) is 12.6. The predicted molar refractivity (Wildman–Crippen MR) is 147 cm³/mol. The van der Waals surface area contributed by atoms with Gasteiger partial charge in [-0.2, -0.15) is 5.10 Å². The van der Waals surface area contributed by atoms with Crippen molar-refractivity contribution in [2.24, 2.45) is 0 Å². The second kappa shape index (κ2) is 11.5. The van der Waals surface area contributed by atoms with Crippen LogP contribution in [-0.4, -0.2) is 63.7 Å². The number of hydrogen-bond acceptors (Lipinski definition) is 5. The fourth-order valence-electron chi connectivity index (χ4n) is 3.35. The molecule has 0 saturated heterocycles. The van der Waals surface area contributed by atoms with Gasteiger partial charge in [0.1, 0.15) is 10.3 Å². The van der Waals surface area contributed by atoms with Crippen molar-refractivity contribution in [3.05, 3.63) is 68.0 Å². The molecule has 10 nitrogen and oxygen atoms in total. The van der Waals surface area contributed by atoms with Gasteiger partial charge in [0.05, 0.1) is 21.8 Å². The average Bonchev–Trinajstić information content (AvgIpc) is 3.20. The van der Waals surface area contributed by atoms with Gasteiger partial charge in [0, 0.05) is 37.9 Å². The Balaban J connectivity index is 1.91. The molecule has 4 amide bonds. The average molecular weight is 611 g/mol. The van der Waals surface area contributed by atoms with Crippen LogP contribution in [0.2, 0.25) is 10.0 Å². The lowest BCUT2D eigenvalue weighted by atomic mass is 10.0. The topological polar surface area (TPSA) is 121 Å². The van der Waals surface area contributed by atoms with Crippen molar-refractivity contribution < 1.29 is 14.4 Å². The van der Waals surface area contributed by atoms with Crippen molar-refractivity contribution in [2.45, 2.75) is 26.3 Å². The highest BCUT2D eigenvalue weighted by molar-refractivity contribution is 9.10. The Morgan fingerprint density at radius 1 is 1.14 bits per heavy atom. The molecular weight excluding hydrogens is 585 g/mol. The molecule has 3 aromatic rings. The standard InChI is InChI=1S/C24H26BrCl2N7O3/c1-13-9-14(26)10-15(21(35)31-24(2,3)12-29-23(37)33(4)5)19(13)30-22(36)17-11-18(25)32-34(17)20-16(27)7-6-8-28-20/h6-11H,12H2,1-5H3,(H,29,37)(H,30,36)(H,31,35). The summed E-state index contributed by atoms with van der Waals surface area (Å²) in [7, 11) is 3.24. The highest BCUT2D eigenvalue weighted by Gasteiger charge is 2.26. The summed E-state index contributed by atoms with van der Waals surface area (Å²) in [6, 6.07) is 7.64. The van der Waals surface area contributed by atoms with Gasteiger partial charge >= 0.3 is 6.03 Å². The van der Waals surface area contributed by atoms with Gasteiger partial charge in [-0.25, -0.2) is 14.5 Å². The Hall–Kier alpha value is -3.15. The van der Waals surface area contributed by atoms with Crippen molar-refractivity contribution in [1.82, 2.24) is 30.3 Å². The van der Waals surface area contributed by atoms with Gasteiger partial charge in [0.25, 0.3) is 11.8 Å². The maximum absolute atomic E-state index is 13.4. The molecule has 196 valence electrons. The van der Waals surface area contributed by atoms with Gasteiger partial charge < -0.3 is 20.9 Å². The quantitative estimate of drug-likeness (QED) is 0.359. The van der Waals surface area contributed by atoms with Crippen LogP contribution < -0.4 is 16.0 Å². The summed E-state index contributed by atoms with van der Waals surface area (Å²) in [6.07, 6.45) is 1.53. The summed E-state index contributed by atoms with van der Waals surface area (Å²) in [5.41, 5.74) is 0.340. The smallest absolute Gasteiger partial charge is 0.316 e. The van der Waals surface area contributed by atoms with Crippen molar-refractivity contribution >= 4 is 62.7 Å². The third kappa shape index (κ3) is 7.00. The second-order valence-electron chi connectivity index (χ2n) is 9.06. The molecule has 37 heavy (non-hydrogen) atoms. The molecule has 3 N–H and O–H groups in total. The minimum atomic E-state index is -0.806. The Kier molecular flexibility index (Phi) is 8.83. The molecule has 2 aromatic heterocycles. The molecule has 0 bridgehead atoms. The molecule has 1 aromatic carbocycles. The minimum Gasteiger partial charge on any atom is -0.345 e. The lowest BCUT2D eigenvalue weighted by molar-refractivity contribution is 0.0912. The normalized spacial score (nSPS) is 11.1. The van der Waals surface area contributed by atoms with E-state index in [4.69, 9.17) is 23.2 Å². The zero-order chi connectivity index (χ0) is 27.5. The zero-order valence-corrected chi connectivity index (χ0v) is 23.9. The Bertz CT molecular complexity index is 1360. The van der Waals surface area contributed by atoms with E-state index < -0.39 is 17.4 Å². The molecule has 0 unspecified atom stereocenters. The first kappa shape index (κ1) is 28.4. The number of anilines is 1. The number of hydrogen-bond donors (Lipinski definition) is 3. The van der Waals surface area contributed by atoms with Crippen molar-refractivity contribution in [3.8, 4) is 5.82 Å². The first-order chi connectivity index (χ1) is 17.3. The highest BCUT2D eigenvalue weighted by Crippen LogP contribution is 2.28. The van der Waals surface area contributed by atoms with Crippen LogP contribution in [0.5, 0.6) is 0 Å². The van der Waals surface area contributed by atoms with Crippen LogP contribution in [0, 0.1) is 6.92 Å². The largest absolute Gasteiger partial charge is 0.345 e. The number of carbonyl (C=O) groups is 3. The van der Waals surface area contributed by atoms with E-state index in [0.717, 1.165) is 0 Å². The summed E-state index contributed by atoms with van der Waals surface area (Å²) in [5, 5.41) is 13.4. The maximum Gasteiger partial charge on any atom is 0.316 e. The number of aromatic nitrogens is 3. The number of amides is 4. The van der Waals surface area contributed by atoms with Gasteiger partial charge in [-0.3, -0.25) is 9.59 Å². The Labute approximate surface area is 232 Å². The summed E-state index contributed by atoms with van der Waals surface area (Å²) < 4.78 is 1.70. The number of nitrogens with one attached hydrogen (secondary N) is 3. The minimum absolute atomic E-state index is 0.139. The Morgan fingerprint density at radius 3 is 2.49 bits per heavy atom. The van der Waals surface area contributed by atoms with Crippen LogP contribution in [0.15, 0.2) is 41.1 Å². The molecule has 3 rings (SSSR count). The fourth-order valence-corrected chi connectivity index (χ4v) is 4.20. The monoisotopic (exact) mass is 609 g/mol. The van der Waals surface area contributed by atoms with Crippen molar-refractivity contribution in [2.75, 3.05) is 26.0 Å². The SMILES string of the molecule is Cc1cc(Cl)cc(C(=O)NC(C)(C)CNC(=O)N(C)C)c1NC(=O)c1cc(Br)nn1-c1ncccc1Cl. The van der Waals surface area contributed by atoms with E-state index in [-0.39, 0.29) is 35.3 Å². The van der Waals surface area contributed by atoms with Crippen LogP contribution in [0.1, 0.15) is 40.3 Å². The first-order valence-electron chi connectivity index (χ1n) is 11.0.